The summed E-state index contributed by atoms with van der Waals surface area (Å²) in [6, 6.07) is 4.59. The van der Waals surface area contributed by atoms with Crippen LogP contribution in [-0.2, 0) is 4.74 Å². The van der Waals surface area contributed by atoms with E-state index in [0.29, 0.717) is 43.4 Å². The molecule has 1 aliphatic heterocycles. The van der Waals surface area contributed by atoms with Crippen molar-refractivity contribution in [1.29, 1.82) is 0 Å². The molecule has 7 heteroatoms. The number of likely N-dealkylation sites (tertiary alicyclic amines) is 1. The summed E-state index contributed by atoms with van der Waals surface area (Å²) in [7, 11) is 1.57. The molecule has 0 aromatic heterocycles. The highest BCUT2D eigenvalue weighted by molar-refractivity contribution is 5.95. The number of nitro benzene ring substituents is 1. The number of carbonyl (C=O) groups is 1. The predicted molar refractivity (Wildman–Crippen MR) is 87.8 cm³/mol. The van der Waals surface area contributed by atoms with Crippen LogP contribution in [-0.4, -0.2) is 49.1 Å². The molecule has 1 unspecified atom stereocenters. The number of amides is 1. The summed E-state index contributed by atoms with van der Waals surface area (Å²) in [5.41, 5.74) is 0.677. The Labute approximate surface area is 135 Å². The molecule has 1 heterocycles. The minimum Gasteiger partial charge on any atom is -0.383 e. The van der Waals surface area contributed by atoms with E-state index in [0.717, 1.165) is 12.8 Å². The number of nitro groups is 1. The lowest BCUT2D eigenvalue weighted by Crippen LogP contribution is -2.39. The van der Waals surface area contributed by atoms with Crippen LogP contribution in [0.5, 0.6) is 0 Å². The van der Waals surface area contributed by atoms with E-state index in [9.17, 15) is 14.9 Å². The number of ether oxygens (including phenoxy) is 1. The van der Waals surface area contributed by atoms with E-state index in [1.54, 1.807) is 24.1 Å². The second-order valence-corrected chi connectivity index (χ2v) is 5.91. The Bertz CT molecular complexity index is 576. The number of nitrogens with zero attached hydrogens (tertiary/aromatic N) is 2. The fourth-order valence-electron chi connectivity index (χ4n) is 2.81. The number of piperidine rings is 1. The quantitative estimate of drug-likeness (QED) is 0.494. The van der Waals surface area contributed by atoms with Gasteiger partial charge in [-0.1, -0.05) is 6.92 Å². The van der Waals surface area contributed by atoms with Gasteiger partial charge in [0.25, 0.3) is 11.6 Å². The number of carbonyl (C=O) groups excluding carboxylic acids is 1. The van der Waals surface area contributed by atoms with Gasteiger partial charge in [0.05, 0.1) is 11.5 Å². The van der Waals surface area contributed by atoms with Gasteiger partial charge in [0, 0.05) is 38.4 Å². The van der Waals surface area contributed by atoms with Crippen molar-refractivity contribution in [2.24, 2.45) is 5.92 Å². The SMILES string of the molecule is COCCNc1ccc(C(=O)N2CCCC(C)C2)cc1[N+](=O)[O-]. The summed E-state index contributed by atoms with van der Waals surface area (Å²) >= 11 is 0. The molecule has 0 saturated carbocycles. The highest BCUT2D eigenvalue weighted by Gasteiger charge is 2.24. The molecule has 2 rings (SSSR count). The summed E-state index contributed by atoms with van der Waals surface area (Å²) in [4.78, 5) is 25.1. The molecule has 1 aromatic carbocycles. The fourth-order valence-corrected chi connectivity index (χ4v) is 2.81. The zero-order chi connectivity index (χ0) is 16.8. The number of anilines is 1. The smallest absolute Gasteiger partial charge is 0.293 e. The third kappa shape index (κ3) is 4.41. The summed E-state index contributed by atoms with van der Waals surface area (Å²) < 4.78 is 4.92. The van der Waals surface area contributed by atoms with Crippen LogP contribution in [0.15, 0.2) is 18.2 Å². The van der Waals surface area contributed by atoms with Crippen molar-refractivity contribution in [3.8, 4) is 0 Å². The number of rotatable bonds is 6. The van der Waals surface area contributed by atoms with Crippen LogP contribution in [0, 0.1) is 16.0 Å². The number of hydrogen-bond donors (Lipinski definition) is 1. The van der Waals surface area contributed by atoms with Crippen molar-refractivity contribution in [1.82, 2.24) is 4.90 Å². The van der Waals surface area contributed by atoms with E-state index in [1.165, 1.54) is 6.07 Å². The Balaban J connectivity index is 2.17. The highest BCUT2D eigenvalue weighted by Crippen LogP contribution is 2.27. The monoisotopic (exact) mass is 321 g/mol. The molecule has 1 atom stereocenters. The average molecular weight is 321 g/mol. The van der Waals surface area contributed by atoms with E-state index < -0.39 is 4.92 Å². The number of benzene rings is 1. The van der Waals surface area contributed by atoms with Crippen LogP contribution in [0.3, 0.4) is 0 Å². The van der Waals surface area contributed by atoms with Crippen molar-refractivity contribution in [2.45, 2.75) is 19.8 Å². The van der Waals surface area contributed by atoms with Crippen LogP contribution < -0.4 is 5.32 Å². The Kier molecular flexibility index (Phi) is 5.92. The van der Waals surface area contributed by atoms with Crippen LogP contribution in [0.2, 0.25) is 0 Å². The second kappa shape index (κ2) is 7.92. The van der Waals surface area contributed by atoms with Gasteiger partial charge in [-0.05, 0) is 30.9 Å². The molecule has 1 N–H and O–H groups in total. The molecule has 23 heavy (non-hydrogen) atoms. The van der Waals surface area contributed by atoms with Gasteiger partial charge < -0.3 is 15.0 Å². The molecule has 0 spiro atoms. The summed E-state index contributed by atoms with van der Waals surface area (Å²) in [5.74, 6) is 0.334. The van der Waals surface area contributed by atoms with Crippen molar-refractivity contribution in [2.75, 3.05) is 38.7 Å². The van der Waals surface area contributed by atoms with E-state index in [4.69, 9.17) is 4.74 Å². The lowest BCUT2D eigenvalue weighted by atomic mass is 9.99. The van der Waals surface area contributed by atoms with Gasteiger partial charge in [0.1, 0.15) is 5.69 Å². The number of nitrogens with one attached hydrogen (secondary N) is 1. The first-order valence-electron chi connectivity index (χ1n) is 7.83. The Morgan fingerprint density at radius 3 is 2.96 bits per heavy atom. The minimum absolute atomic E-state index is 0.0861. The third-order valence-corrected chi connectivity index (χ3v) is 4.01. The second-order valence-electron chi connectivity index (χ2n) is 5.91. The standard InChI is InChI=1S/C16H23N3O4/c1-12-4-3-8-18(11-12)16(20)13-5-6-14(17-7-9-23-2)15(10-13)19(21)22/h5-6,10,12,17H,3-4,7-9,11H2,1-2H3. The van der Waals surface area contributed by atoms with E-state index in [1.807, 2.05) is 0 Å². The van der Waals surface area contributed by atoms with Crippen LogP contribution in [0.4, 0.5) is 11.4 Å². The molecule has 0 aliphatic carbocycles. The van der Waals surface area contributed by atoms with E-state index in [2.05, 4.69) is 12.2 Å². The normalized spacial score (nSPS) is 17.8. The predicted octanol–water partition coefficient (Wildman–Crippen LogP) is 2.53. The topological polar surface area (TPSA) is 84.7 Å². The van der Waals surface area contributed by atoms with Gasteiger partial charge >= 0.3 is 0 Å². The summed E-state index contributed by atoms with van der Waals surface area (Å²) in [6.45, 7) is 4.45. The maximum Gasteiger partial charge on any atom is 0.293 e. The van der Waals surface area contributed by atoms with Crippen LogP contribution in [0.25, 0.3) is 0 Å². The van der Waals surface area contributed by atoms with Crippen molar-refractivity contribution in [3.63, 3.8) is 0 Å². The van der Waals surface area contributed by atoms with E-state index in [-0.39, 0.29) is 11.6 Å². The molecule has 1 amide bonds. The third-order valence-electron chi connectivity index (χ3n) is 4.01. The van der Waals surface area contributed by atoms with Gasteiger partial charge in [0.2, 0.25) is 0 Å². The van der Waals surface area contributed by atoms with Gasteiger partial charge in [0.15, 0.2) is 0 Å². The van der Waals surface area contributed by atoms with Gasteiger partial charge in [-0.2, -0.15) is 0 Å². The Morgan fingerprint density at radius 2 is 2.30 bits per heavy atom. The molecule has 126 valence electrons. The minimum atomic E-state index is -0.468. The van der Waals surface area contributed by atoms with E-state index >= 15 is 0 Å². The average Bonchev–Trinajstić information content (AvgIpc) is 2.54. The Morgan fingerprint density at radius 1 is 1.52 bits per heavy atom. The first kappa shape index (κ1) is 17.2. The maximum absolute atomic E-state index is 12.6. The maximum atomic E-state index is 12.6. The lowest BCUT2D eigenvalue weighted by molar-refractivity contribution is -0.384. The summed E-state index contributed by atoms with van der Waals surface area (Å²) in [5, 5.41) is 14.2. The molecule has 1 aromatic rings. The fraction of sp³-hybridized carbons (Fsp3) is 0.562. The lowest BCUT2D eigenvalue weighted by Gasteiger charge is -2.31. The van der Waals surface area contributed by atoms with Gasteiger partial charge in [-0.15, -0.1) is 0 Å². The molecule has 7 nitrogen and oxygen atoms in total. The molecule has 0 radical (unpaired) electrons. The molecule has 1 aliphatic rings. The van der Waals surface area contributed by atoms with Crippen LogP contribution >= 0.6 is 0 Å². The highest BCUT2D eigenvalue weighted by atomic mass is 16.6. The summed E-state index contributed by atoms with van der Waals surface area (Å²) in [6.07, 6.45) is 2.10. The van der Waals surface area contributed by atoms with Crippen molar-refractivity contribution in [3.05, 3.63) is 33.9 Å². The molecule has 0 bridgehead atoms. The molecule has 1 fully saturated rings. The van der Waals surface area contributed by atoms with Crippen molar-refractivity contribution >= 4 is 17.3 Å². The van der Waals surface area contributed by atoms with Crippen molar-refractivity contribution < 1.29 is 14.5 Å². The zero-order valence-electron chi connectivity index (χ0n) is 13.6. The van der Waals surface area contributed by atoms with Gasteiger partial charge in [-0.3, -0.25) is 14.9 Å². The van der Waals surface area contributed by atoms with Gasteiger partial charge in [-0.25, -0.2) is 0 Å². The number of hydrogen-bond acceptors (Lipinski definition) is 5. The first-order valence-corrected chi connectivity index (χ1v) is 7.83. The first-order chi connectivity index (χ1) is 11.0. The molecular weight excluding hydrogens is 298 g/mol. The zero-order valence-corrected chi connectivity index (χ0v) is 13.6. The van der Waals surface area contributed by atoms with Crippen LogP contribution in [0.1, 0.15) is 30.1 Å². The molecule has 1 saturated heterocycles. The largest absolute Gasteiger partial charge is 0.383 e. The number of methoxy groups -OCH3 is 1. The molecular formula is C16H23N3O4. The Hall–Kier alpha value is -2.15.